The topological polar surface area (TPSA) is 64.4 Å². The molecule has 152 valence electrons. The van der Waals surface area contributed by atoms with Gasteiger partial charge in [-0.2, -0.15) is 0 Å². The zero-order valence-corrected chi connectivity index (χ0v) is 17.2. The van der Waals surface area contributed by atoms with Crippen LogP contribution in [0.3, 0.4) is 0 Å². The number of anilines is 1. The Morgan fingerprint density at radius 1 is 0.935 bits per heavy atom. The van der Waals surface area contributed by atoms with Crippen LogP contribution < -0.4 is 10.1 Å². The summed E-state index contributed by atoms with van der Waals surface area (Å²) in [5.41, 5.74) is 4.57. The molecule has 0 spiro atoms. The third kappa shape index (κ3) is 3.62. The number of carbonyl (C=O) groups is 1. The van der Waals surface area contributed by atoms with Crippen molar-refractivity contribution in [3.63, 3.8) is 0 Å². The number of benzene rings is 4. The molecule has 0 saturated carbocycles. The highest BCUT2D eigenvalue weighted by Crippen LogP contribution is 2.29. The van der Waals surface area contributed by atoms with Gasteiger partial charge in [-0.15, -0.1) is 0 Å². The monoisotopic (exact) mass is 408 g/mol. The number of rotatable bonds is 4. The molecule has 5 heteroatoms. The molecule has 0 fully saturated rings. The van der Waals surface area contributed by atoms with Crippen molar-refractivity contribution >= 4 is 33.5 Å². The normalized spacial score (nSPS) is 11.0. The Kier molecular flexibility index (Phi) is 4.64. The van der Waals surface area contributed by atoms with Gasteiger partial charge in [0.1, 0.15) is 11.3 Å². The van der Waals surface area contributed by atoms with Gasteiger partial charge in [-0.25, -0.2) is 4.98 Å². The van der Waals surface area contributed by atoms with Crippen molar-refractivity contribution < 1.29 is 13.9 Å². The van der Waals surface area contributed by atoms with Gasteiger partial charge in [-0.1, -0.05) is 36.4 Å². The van der Waals surface area contributed by atoms with Gasteiger partial charge >= 0.3 is 0 Å². The summed E-state index contributed by atoms with van der Waals surface area (Å²) in [6.45, 7) is 2.01. The van der Waals surface area contributed by atoms with Crippen LogP contribution in [0.25, 0.3) is 33.3 Å². The highest BCUT2D eigenvalue weighted by molar-refractivity contribution is 6.09. The molecular formula is C26H20N2O3. The third-order valence-electron chi connectivity index (χ3n) is 5.22. The molecule has 0 saturated heterocycles. The van der Waals surface area contributed by atoms with Gasteiger partial charge in [0.2, 0.25) is 5.89 Å². The maximum Gasteiger partial charge on any atom is 0.259 e. The molecule has 0 radical (unpaired) electrons. The van der Waals surface area contributed by atoms with Crippen LogP contribution in [-0.2, 0) is 0 Å². The highest BCUT2D eigenvalue weighted by Gasteiger charge is 2.15. The zero-order valence-electron chi connectivity index (χ0n) is 17.2. The average Bonchev–Trinajstić information content (AvgIpc) is 3.21. The summed E-state index contributed by atoms with van der Waals surface area (Å²) in [7, 11) is 1.57. The summed E-state index contributed by atoms with van der Waals surface area (Å²) >= 11 is 0. The van der Waals surface area contributed by atoms with Crippen molar-refractivity contribution in [3.8, 4) is 17.2 Å². The lowest BCUT2D eigenvalue weighted by Gasteiger charge is -2.11. The minimum atomic E-state index is -0.243. The van der Waals surface area contributed by atoms with Crippen molar-refractivity contribution in [1.29, 1.82) is 0 Å². The summed E-state index contributed by atoms with van der Waals surface area (Å²) in [6, 6.07) is 24.9. The Morgan fingerprint density at radius 2 is 1.74 bits per heavy atom. The molecule has 31 heavy (non-hydrogen) atoms. The SMILES string of the molecule is COc1cc2ccccc2cc1C(=O)Nc1cccc(-c2nc3ccc(C)cc3o2)c1. The minimum absolute atomic E-state index is 0.243. The van der Waals surface area contributed by atoms with Crippen molar-refractivity contribution in [2.24, 2.45) is 0 Å². The van der Waals surface area contributed by atoms with Crippen LogP contribution in [0.15, 0.2) is 83.3 Å². The van der Waals surface area contributed by atoms with E-state index in [1.54, 1.807) is 7.11 Å². The molecule has 0 atom stereocenters. The molecule has 0 aliphatic heterocycles. The molecule has 0 aliphatic carbocycles. The first kappa shape index (κ1) is 18.9. The van der Waals surface area contributed by atoms with Crippen molar-refractivity contribution in [3.05, 3.63) is 90.0 Å². The van der Waals surface area contributed by atoms with Crippen molar-refractivity contribution in [2.45, 2.75) is 6.92 Å². The summed E-state index contributed by atoms with van der Waals surface area (Å²) in [5, 5.41) is 4.96. The van der Waals surface area contributed by atoms with E-state index in [1.165, 1.54) is 0 Å². The molecule has 4 aromatic carbocycles. The van der Waals surface area contributed by atoms with Gasteiger partial charge in [0.05, 0.1) is 12.7 Å². The Balaban J connectivity index is 1.46. The molecule has 5 nitrogen and oxygen atoms in total. The lowest BCUT2D eigenvalue weighted by molar-refractivity contribution is 0.102. The molecule has 1 heterocycles. The number of aryl methyl sites for hydroxylation is 1. The lowest BCUT2D eigenvalue weighted by Crippen LogP contribution is -2.13. The van der Waals surface area contributed by atoms with Crippen LogP contribution in [0, 0.1) is 6.92 Å². The first-order valence-corrected chi connectivity index (χ1v) is 9.96. The first-order chi connectivity index (χ1) is 15.1. The fourth-order valence-corrected chi connectivity index (χ4v) is 3.65. The molecule has 0 unspecified atom stereocenters. The molecule has 1 amide bonds. The van der Waals surface area contributed by atoms with Crippen molar-refractivity contribution in [2.75, 3.05) is 12.4 Å². The average molecular weight is 408 g/mol. The fraction of sp³-hybridized carbons (Fsp3) is 0.0769. The molecule has 5 aromatic rings. The van der Waals surface area contributed by atoms with Crippen LogP contribution in [0.2, 0.25) is 0 Å². The largest absolute Gasteiger partial charge is 0.496 e. The molecule has 1 aromatic heterocycles. The molecular weight excluding hydrogens is 388 g/mol. The lowest BCUT2D eigenvalue weighted by atomic mass is 10.1. The number of methoxy groups -OCH3 is 1. The van der Waals surface area contributed by atoms with E-state index in [9.17, 15) is 4.79 Å². The van der Waals surface area contributed by atoms with Crippen LogP contribution in [0.4, 0.5) is 5.69 Å². The quantitative estimate of drug-likeness (QED) is 0.384. The standard InChI is InChI=1S/C26H20N2O3/c1-16-10-11-22-24(12-16)31-26(28-22)19-8-5-9-20(13-19)27-25(29)21-14-17-6-3-4-7-18(17)15-23(21)30-2/h3-15H,1-2H3,(H,27,29). The Hall–Kier alpha value is -4.12. The van der Waals surface area contributed by atoms with E-state index >= 15 is 0 Å². The molecule has 0 bridgehead atoms. The third-order valence-corrected chi connectivity index (χ3v) is 5.22. The number of oxazole rings is 1. The van der Waals surface area contributed by atoms with Gasteiger partial charge in [-0.3, -0.25) is 4.79 Å². The molecule has 5 rings (SSSR count). The number of carbonyl (C=O) groups excluding carboxylic acids is 1. The smallest absolute Gasteiger partial charge is 0.259 e. The summed E-state index contributed by atoms with van der Waals surface area (Å²) < 4.78 is 11.4. The van der Waals surface area contributed by atoms with E-state index in [0.29, 0.717) is 22.9 Å². The second kappa shape index (κ2) is 7.61. The van der Waals surface area contributed by atoms with Crippen molar-refractivity contribution in [1.82, 2.24) is 4.98 Å². The van der Waals surface area contributed by atoms with Crippen LogP contribution >= 0.6 is 0 Å². The van der Waals surface area contributed by atoms with E-state index in [1.807, 2.05) is 85.8 Å². The van der Waals surface area contributed by atoms with Crippen LogP contribution in [0.5, 0.6) is 5.75 Å². The van der Waals surface area contributed by atoms with Crippen LogP contribution in [0.1, 0.15) is 15.9 Å². The molecule has 1 N–H and O–H groups in total. The maximum atomic E-state index is 13.0. The molecule has 0 aliphatic rings. The number of amides is 1. The summed E-state index contributed by atoms with van der Waals surface area (Å²) in [6.07, 6.45) is 0. The van der Waals surface area contributed by atoms with Gasteiger partial charge in [-0.05, 0) is 65.7 Å². The number of fused-ring (bicyclic) bond motifs is 2. The number of ether oxygens (including phenoxy) is 1. The number of hydrogen-bond donors (Lipinski definition) is 1. The highest BCUT2D eigenvalue weighted by atomic mass is 16.5. The zero-order chi connectivity index (χ0) is 21.4. The Morgan fingerprint density at radius 3 is 2.55 bits per heavy atom. The fourth-order valence-electron chi connectivity index (χ4n) is 3.65. The summed E-state index contributed by atoms with van der Waals surface area (Å²) in [5.74, 6) is 0.801. The van der Waals surface area contributed by atoms with E-state index in [-0.39, 0.29) is 5.91 Å². The number of nitrogens with one attached hydrogen (secondary N) is 1. The minimum Gasteiger partial charge on any atom is -0.496 e. The Labute approximate surface area is 179 Å². The Bertz CT molecular complexity index is 1440. The van der Waals surface area contributed by atoms with E-state index < -0.39 is 0 Å². The van der Waals surface area contributed by atoms with Crippen LogP contribution in [-0.4, -0.2) is 18.0 Å². The second-order valence-corrected chi connectivity index (χ2v) is 7.42. The van der Waals surface area contributed by atoms with E-state index in [4.69, 9.17) is 9.15 Å². The summed E-state index contributed by atoms with van der Waals surface area (Å²) in [4.78, 5) is 17.6. The van der Waals surface area contributed by atoms with Gasteiger partial charge in [0.15, 0.2) is 5.58 Å². The number of nitrogens with zero attached hydrogens (tertiary/aromatic N) is 1. The second-order valence-electron chi connectivity index (χ2n) is 7.42. The maximum absolute atomic E-state index is 13.0. The van der Waals surface area contributed by atoms with Gasteiger partial charge in [0, 0.05) is 11.3 Å². The van der Waals surface area contributed by atoms with Gasteiger partial charge in [0.25, 0.3) is 5.91 Å². The van der Waals surface area contributed by atoms with Gasteiger partial charge < -0.3 is 14.5 Å². The predicted octanol–water partition coefficient (Wildman–Crippen LogP) is 6.22. The number of hydrogen-bond acceptors (Lipinski definition) is 4. The first-order valence-electron chi connectivity index (χ1n) is 9.96. The predicted molar refractivity (Wildman–Crippen MR) is 123 cm³/mol. The van der Waals surface area contributed by atoms with E-state index in [0.717, 1.165) is 33.0 Å². The van der Waals surface area contributed by atoms with E-state index in [2.05, 4.69) is 10.3 Å². The number of aromatic nitrogens is 1.